The third-order valence-electron chi connectivity index (χ3n) is 2.81. The second-order valence-electron chi connectivity index (χ2n) is 3.67. The van der Waals surface area contributed by atoms with Crippen LogP contribution in [0.2, 0.25) is 0 Å². The van der Waals surface area contributed by atoms with Gasteiger partial charge in [0.05, 0.1) is 6.10 Å². The molecule has 0 bridgehead atoms. The van der Waals surface area contributed by atoms with Crippen LogP contribution in [0, 0.1) is 5.92 Å². The first-order valence-corrected chi connectivity index (χ1v) is 4.80. The van der Waals surface area contributed by atoms with Crippen LogP contribution < -0.4 is 5.32 Å². The molecule has 1 aliphatic rings. The lowest BCUT2D eigenvalue weighted by Gasteiger charge is -2.34. The van der Waals surface area contributed by atoms with Gasteiger partial charge in [0.15, 0.2) is 0 Å². The minimum Gasteiger partial charge on any atom is -0.465 e. The summed E-state index contributed by atoms with van der Waals surface area (Å²) in [5, 5.41) is 20.1. The minimum absolute atomic E-state index is 0.00477. The molecule has 0 aromatic heterocycles. The summed E-state index contributed by atoms with van der Waals surface area (Å²) in [5.41, 5.74) is 0. The first kappa shape index (κ1) is 11.3. The third-order valence-corrected chi connectivity index (χ3v) is 2.81. The van der Waals surface area contributed by atoms with Crippen molar-refractivity contribution >= 4 is 6.09 Å². The van der Waals surface area contributed by atoms with Crippen LogP contribution in [0.15, 0.2) is 0 Å². The Morgan fingerprint density at radius 3 is 2.79 bits per heavy atom. The molecule has 1 rings (SSSR count). The van der Waals surface area contributed by atoms with Crippen molar-refractivity contribution in [2.45, 2.75) is 31.4 Å². The number of nitrogens with one attached hydrogen (secondary N) is 1. The maximum Gasteiger partial charge on any atom is 0.404 e. The first-order chi connectivity index (χ1) is 6.67. The number of amides is 1. The van der Waals surface area contributed by atoms with Crippen LogP contribution in [-0.4, -0.2) is 42.2 Å². The van der Waals surface area contributed by atoms with E-state index >= 15 is 0 Å². The fourth-order valence-electron chi connectivity index (χ4n) is 1.99. The highest BCUT2D eigenvalue weighted by Gasteiger charge is 2.30. The molecule has 0 unspecified atom stereocenters. The number of carbonyl (C=O) groups is 1. The number of aliphatic hydroxyl groups is 1. The monoisotopic (exact) mass is 203 g/mol. The number of ether oxygens (including phenoxy) is 1. The average Bonchev–Trinajstić information content (AvgIpc) is 2.17. The van der Waals surface area contributed by atoms with Crippen LogP contribution in [0.25, 0.3) is 0 Å². The average molecular weight is 203 g/mol. The van der Waals surface area contributed by atoms with Crippen LogP contribution in [-0.2, 0) is 4.74 Å². The third kappa shape index (κ3) is 2.85. The van der Waals surface area contributed by atoms with E-state index in [1.165, 1.54) is 0 Å². The molecule has 0 spiro atoms. The Hall–Kier alpha value is -0.810. The second-order valence-corrected chi connectivity index (χ2v) is 3.67. The first-order valence-electron chi connectivity index (χ1n) is 4.80. The second kappa shape index (κ2) is 5.17. The zero-order chi connectivity index (χ0) is 10.6. The molecule has 0 heterocycles. The Balaban J connectivity index is 2.47. The highest BCUT2D eigenvalue weighted by atomic mass is 16.5. The van der Waals surface area contributed by atoms with E-state index in [1.54, 1.807) is 7.11 Å². The zero-order valence-electron chi connectivity index (χ0n) is 8.27. The number of hydrogen-bond donors (Lipinski definition) is 3. The van der Waals surface area contributed by atoms with Gasteiger partial charge in [0.1, 0.15) is 0 Å². The van der Waals surface area contributed by atoms with E-state index < -0.39 is 6.09 Å². The molecule has 1 fully saturated rings. The van der Waals surface area contributed by atoms with Gasteiger partial charge in [0, 0.05) is 25.7 Å². The van der Waals surface area contributed by atoms with Gasteiger partial charge in [0.25, 0.3) is 0 Å². The Bertz CT molecular complexity index is 197. The molecule has 0 aliphatic heterocycles. The lowest BCUT2D eigenvalue weighted by Crippen LogP contribution is -2.45. The molecule has 1 aliphatic carbocycles. The smallest absolute Gasteiger partial charge is 0.404 e. The molecule has 1 saturated carbocycles. The molecule has 82 valence electrons. The summed E-state index contributed by atoms with van der Waals surface area (Å²) < 4.78 is 5.19. The molecule has 0 radical (unpaired) electrons. The molecular formula is C9H17NO4. The summed E-state index contributed by atoms with van der Waals surface area (Å²) in [6.07, 6.45) is 1.43. The fraction of sp³-hybridized carbons (Fsp3) is 0.889. The molecule has 0 saturated heterocycles. The molecule has 1 amide bonds. The van der Waals surface area contributed by atoms with Gasteiger partial charge in [-0.1, -0.05) is 0 Å². The standard InChI is InChI=1S/C9H17NO4/c1-14-7-2-3-8(10-9(12)13)6(4-7)5-11/h6-8,10-11H,2-5H2,1H3,(H,12,13)/t6-,7-,8+/m1/s1. The summed E-state index contributed by atoms with van der Waals surface area (Å²) in [4.78, 5) is 10.5. The van der Waals surface area contributed by atoms with Crippen molar-refractivity contribution < 1.29 is 19.7 Å². The summed E-state index contributed by atoms with van der Waals surface area (Å²) in [6.45, 7) is 0.00477. The largest absolute Gasteiger partial charge is 0.465 e. The molecule has 3 N–H and O–H groups in total. The van der Waals surface area contributed by atoms with Gasteiger partial charge in [-0.05, 0) is 19.3 Å². The normalized spacial score (nSPS) is 32.6. The van der Waals surface area contributed by atoms with Gasteiger partial charge < -0.3 is 20.3 Å². The molecule has 5 nitrogen and oxygen atoms in total. The summed E-state index contributed by atoms with van der Waals surface area (Å²) in [7, 11) is 1.64. The summed E-state index contributed by atoms with van der Waals surface area (Å²) >= 11 is 0. The van der Waals surface area contributed by atoms with E-state index in [1.807, 2.05) is 0 Å². The number of aliphatic hydroxyl groups excluding tert-OH is 1. The van der Waals surface area contributed by atoms with Crippen LogP contribution in [0.3, 0.4) is 0 Å². The van der Waals surface area contributed by atoms with Crippen molar-refractivity contribution in [3.05, 3.63) is 0 Å². The molecule has 0 aromatic rings. The van der Waals surface area contributed by atoms with E-state index in [0.717, 1.165) is 19.3 Å². The lowest BCUT2D eigenvalue weighted by atomic mass is 9.83. The van der Waals surface area contributed by atoms with Crippen molar-refractivity contribution in [3.63, 3.8) is 0 Å². The van der Waals surface area contributed by atoms with E-state index in [2.05, 4.69) is 5.32 Å². The molecule has 14 heavy (non-hydrogen) atoms. The van der Waals surface area contributed by atoms with Crippen LogP contribution in [0.5, 0.6) is 0 Å². The molecule has 5 heteroatoms. The highest BCUT2D eigenvalue weighted by Crippen LogP contribution is 2.26. The van der Waals surface area contributed by atoms with Gasteiger partial charge in [-0.15, -0.1) is 0 Å². The lowest BCUT2D eigenvalue weighted by molar-refractivity contribution is 0.0220. The Labute approximate surface area is 83.1 Å². The Morgan fingerprint density at radius 1 is 1.57 bits per heavy atom. The zero-order valence-corrected chi connectivity index (χ0v) is 8.27. The Morgan fingerprint density at radius 2 is 2.29 bits per heavy atom. The molecular weight excluding hydrogens is 186 g/mol. The maximum absolute atomic E-state index is 10.5. The van der Waals surface area contributed by atoms with Gasteiger partial charge >= 0.3 is 6.09 Å². The van der Waals surface area contributed by atoms with Crippen molar-refractivity contribution in [2.75, 3.05) is 13.7 Å². The number of methoxy groups -OCH3 is 1. The number of carboxylic acid groups (broad SMARTS) is 1. The van der Waals surface area contributed by atoms with Crippen molar-refractivity contribution in [2.24, 2.45) is 5.92 Å². The number of hydrogen-bond acceptors (Lipinski definition) is 3. The van der Waals surface area contributed by atoms with Crippen molar-refractivity contribution in [1.82, 2.24) is 5.32 Å². The van der Waals surface area contributed by atoms with Gasteiger partial charge in [-0.3, -0.25) is 0 Å². The van der Waals surface area contributed by atoms with E-state index in [9.17, 15) is 4.79 Å². The topological polar surface area (TPSA) is 78.8 Å². The van der Waals surface area contributed by atoms with Gasteiger partial charge in [-0.2, -0.15) is 0 Å². The minimum atomic E-state index is -1.02. The SMILES string of the molecule is CO[C@@H]1CC[C@H](NC(=O)O)[C@@H](CO)C1. The Kier molecular flexibility index (Phi) is 4.16. The molecule has 3 atom stereocenters. The predicted octanol–water partition coefficient (Wildman–Crippen LogP) is 0.430. The van der Waals surface area contributed by atoms with E-state index in [4.69, 9.17) is 14.9 Å². The maximum atomic E-state index is 10.5. The van der Waals surface area contributed by atoms with Gasteiger partial charge in [-0.25, -0.2) is 4.79 Å². The van der Waals surface area contributed by atoms with Crippen molar-refractivity contribution in [1.29, 1.82) is 0 Å². The van der Waals surface area contributed by atoms with Crippen molar-refractivity contribution in [3.8, 4) is 0 Å². The van der Waals surface area contributed by atoms with E-state index in [-0.39, 0.29) is 24.7 Å². The van der Waals surface area contributed by atoms with Crippen LogP contribution in [0.1, 0.15) is 19.3 Å². The van der Waals surface area contributed by atoms with E-state index in [0.29, 0.717) is 0 Å². The fourth-order valence-corrected chi connectivity index (χ4v) is 1.99. The summed E-state index contributed by atoms with van der Waals surface area (Å²) in [5.74, 6) is -0.0233. The summed E-state index contributed by atoms with van der Waals surface area (Å²) in [6, 6.07) is -0.135. The van der Waals surface area contributed by atoms with Gasteiger partial charge in [0.2, 0.25) is 0 Å². The molecule has 0 aromatic carbocycles. The van der Waals surface area contributed by atoms with Crippen LogP contribution in [0.4, 0.5) is 4.79 Å². The predicted molar refractivity (Wildman–Crippen MR) is 50.2 cm³/mol. The highest BCUT2D eigenvalue weighted by molar-refractivity contribution is 5.64. The quantitative estimate of drug-likeness (QED) is 0.621. The number of rotatable bonds is 3. The van der Waals surface area contributed by atoms with Crippen LogP contribution >= 0.6 is 0 Å².